The third-order valence-corrected chi connectivity index (χ3v) is 4.93. The Morgan fingerprint density at radius 1 is 1.32 bits per heavy atom. The summed E-state index contributed by atoms with van der Waals surface area (Å²) in [6.07, 6.45) is 2.63. The molecule has 1 aromatic carbocycles. The number of ether oxygens (including phenoxy) is 2. The van der Waals surface area contributed by atoms with Gasteiger partial charge in [0.1, 0.15) is 6.61 Å². The molecular formula is C18H25N3O4. The molecule has 136 valence electrons. The molecule has 1 aliphatic heterocycles. The van der Waals surface area contributed by atoms with E-state index in [1.54, 1.807) is 36.3 Å². The highest BCUT2D eigenvalue weighted by Gasteiger charge is 2.29. The molecule has 1 saturated carbocycles. The van der Waals surface area contributed by atoms with Gasteiger partial charge in [-0.15, -0.1) is 0 Å². The van der Waals surface area contributed by atoms with Gasteiger partial charge in [0, 0.05) is 37.0 Å². The van der Waals surface area contributed by atoms with Crippen molar-refractivity contribution < 1.29 is 19.1 Å². The highest BCUT2D eigenvalue weighted by Crippen LogP contribution is 2.21. The molecule has 3 N–H and O–H groups in total. The van der Waals surface area contributed by atoms with E-state index < -0.39 is 0 Å². The Morgan fingerprint density at radius 3 is 2.72 bits per heavy atom. The second-order valence-corrected chi connectivity index (χ2v) is 6.56. The van der Waals surface area contributed by atoms with Crippen LogP contribution < -0.4 is 16.0 Å². The van der Waals surface area contributed by atoms with Crippen LogP contribution in [0.2, 0.25) is 0 Å². The Hall–Kier alpha value is -1.96. The minimum Gasteiger partial charge on any atom is -0.381 e. The summed E-state index contributed by atoms with van der Waals surface area (Å²) in [6.45, 7) is 1.16. The first-order valence-corrected chi connectivity index (χ1v) is 8.66. The van der Waals surface area contributed by atoms with E-state index in [0.717, 1.165) is 24.9 Å². The van der Waals surface area contributed by atoms with Crippen molar-refractivity contribution in [3.8, 4) is 0 Å². The van der Waals surface area contributed by atoms with E-state index in [2.05, 4.69) is 5.32 Å². The first-order chi connectivity index (χ1) is 12.1. The van der Waals surface area contributed by atoms with Gasteiger partial charge in [-0.05, 0) is 43.5 Å². The van der Waals surface area contributed by atoms with Crippen molar-refractivity contribution in [3.63, 3.8) is 0 Å². The number of amides is 2. The lowest BCUT2D eigenvalue weighted by atomic mass is 9.88. The van der Waals surface area contributed by atoms with Crippen molar-refractivity contribution in [1.29, 1.82) is 0 Å². The fourth-order valence-electron chi connectivity index (χ4n) is 3.39. The molecule has 1 aromatic rings. The maximum atomic E-state index is 12.5. The van der Waals surface area contributed by atoms with Crippen molar-refractivity contribution in [2.24, 2.45) is 5.73 Å². The maximum Gasteiger partial charge on any atom is 0.253 e. The van der Waals surface area contributed by atoms with Crippen molar-refractivity contribution in [2.75, 3.05) is 31.8 Å². The number of methoxy groups -OCH3 is 1. The summed E-state index contributed by atoms with van der Waals surface area (Å²) in [7, 11) is 1.69. The van der Waals surface area contributed by atoms with Gasteiger partial charge in [-0.2, -0.15) is 0 Å². The van der Waals surface area contributed by atoms with E-state index in [0.29, 0.717) is 18.7 Å². The number of hydrogen-bond acceptors (Lipinski definition) is 5. The van der Waals surface area contributed by atoms with Crippen LogP contribution in [0.1, 0.15) is 29.6 Å². The first kappa shape index (κ1) is 17.8. The lowest BCUT2D eigenvalue weighted by Gasteiger charge is -2.33. The fourth-order valence-corrected chi connectivity index (χ4v) is 3.39. The standard InChI is InChI=1S/C18H25N3O4/c1-24-14-6-7-16(15(19)10-14)20-18(23)12-2-4-13(5-3-12)21-8-9-25-11-17(21)22/h2-5,14-16H,6-11,19H2,1H3,(H,20,23). The van der Waals surface area contributed by atoms with E-state index in [9.17, 15) is 9.59 Å². The van der Waals surface area contributed by atoms with E-state index in [4.69, 9.17) is 15.2 Å². The molecule has 3 rings (SSSR count). The van der Waals surface area contributed by atoms with Crippen molar-refractivity contribution in [2.45, 2.75) is 37.5 Å². The molecule has 7 heteroatoms. The highest BCUT2D eigenvalue weighted by atomic mass is 16.5. The molecule has 3 unspecified atom stereocenters. The minimum absolute atomic E-state index is 0.0422. The summed E-state index contributed by atoms with van der Waals surface area (Å²) < 4.78 is 10.5. The van der Waals surface area contributed by atoms with Crippen molar-refractivity contribution in [3.05, 3.63) is 29.8 Å². The van der Waals surface area contributed by atoms with Gasteiger partial charge in [0.25, 0.3) is 11.8 Å². The Morgan fingerprint density at radius 2 is 2.08 bits per heavy atom. The lowest BCUT2D eigenvalue weighted by molar-refractivity contribution is -0.125. The summed E-state index contributed by atoms with van der Waals surface area (Å²) in [5.74, 6) is -0.208. The number of benzene rings is 1. The Kier molecular flexibility index (Phi) is 5.67. The van der Waals surface area contributed by atoms with Gasteiger partial charge in [-0.1, -0.05) is 0 Å². The monoisotopic (exact) mass is 347 g/mol. The molecule has 25 heavy (non-hydrogen) atoms. The van der Waals surface area contributed by atoms with Gasteiger partial charge >= 0.3 is 0 Å². The second kappa shape index (κ2) is 7.95. The smallest absolute Gasteiger partial charge is 0.253 e. The van der Waals surface area contributed by atoms with E-state index in [-0.39, 0.29) is 36.6 Å². The van der Waals surface area contributed by atoms with Crippen LogP contribution in [0.4, 0.5) is 5.69 Å². The molecule has 1 heterocycles. The number of carbonyl (C=O) groups excluding carboxylic acids is 2. The van der Waals surface area contributed by atoms with Crippen LogP contribution in [0.3, 0.4) is 0 Å². The third kappa shape index (κ3) is 4.18. The molecule has 1 aliphatic carbocycles. The van der Waals surface area contributed by atoms with Gasteiger partial charge in [-0.25, -0.2) is 0 Å². The SMILES string of the molecule is COC1CCC(NC(=O)c2ccc(N3CCOCC3=O)cc2)C(N)C1. The molecule has 0 radical (unpaired) electrons. The average molecular weight is 347 g/mol. The fraction of sp³-hybridized carbons (Fsp3) is 0.556. The first-order valence-electron chi connectivity index (χ1n) is 8.66. The number of hydrogen-bond donors (Lipinski definition) is 2. The summed E-state index contributed by atoms with van der Waals surface area (Å²) in [5.41, 5.74) is 7.50. The maximum absolute atomic E-state index is 12.5. The largest absolute Gasteiger partial charge is 0.381 e. The molecule has 7 nitrogen and oxygen atoms in total. The summed E-state index contributed by atoms with van der Waals surface area (Å²) in [6, 6.07) is 6.91. The number of nitrogens with zero attached hydrogens (tertiary/aromatic N) is 1. The Labute approximate surface area is 147 Å². The number of morpholine rings is 1. The topological polar surface area (TPSA) is 93.9 Å². The van der Waals surface area contributed by atoms with Crippen LogP contribution in [0.25, 0.3) is 0 Å². The lowest BCUT2D eigenvalue weighted by Crippen LogP contribution is -2.52. The molecule has 2 aliphatic rings. The number of rotatable bonds is 4. The van der Waals surface area contributed by atoms with Gasteiger partial charge < -0.3 is 25.4 Å². The molecule has 0 aromatic heterocycles. The number of nitrogens with one attached hydrogen (secondary N) is 1. The van der Waals surface area contributed by atoms with Crippen molar-refractivity contribution >= 4 is 17.5 Å². The number of anilines is 1. The van der Waals surface area contributed by atoms with Crippen LogP contribution >= 0.6 is 0 Å². The Balaban J connectivity index is 1.60. The van der Waals surface area contributed by atoms with Gasteiger partial charge in [0.2, 0.25) is 0 Å². The van der Waals surface area contributed by atoms with Crippen LogP contribution in [0.15, 0.2) is 24.3 Å². The highest BCUT2D eigenvalue weighted by molar-refractivity contribution is 5.97. The predicted molar refractivity (Wildman–Crippen MR) is 93.5 cm³/mol. The van der Waals surface area contributed by atoms with Crippen LogP contribution in [0, 0.1) is 0 Å². The molecule has 0 bridgehead atoms. The van der Waals surface area contributed by atoms with Gasteiger partial charge in [0.15, 0.2) is 0 Å². The van der Waals surface area contributed by atoms with E-state index in [1.807, 2.05) is 0 Å². The van der Waals surface area contributed by atoms with Crippen LogP contribution in [0.5, 0.6) is 0 Å². The zero-order chi connectivity index (χ0) is 17.8. The normalized spacial score (nSPS) is 27.2. The van der Waals surface area contributed by atoms with E-state index >= 15 is 0 Å². The third-order valence-electron chi connectivity index (χ3n) is 4.93. The summed E-state index contributed by atoms with van der Waals surface area (Å²) in [4.78, 5) is 26.0. The van der Waals surface area contributed by atoms with Crippen molar-refractivity contribution in [1.82, 2.24) is 5.32 Å². The summed E-state index contributed by atoms with van der Waals surface area (Å²) >= 11 is 0. The van der Waals surface area contributed by atoms with Gasteiger partial charge in [-0.3, -0.25) is 9.59 Å². The Bertz CT molecular complexity index is 619. The average Bonchev–Trinajstić information content (AvgIpc) is 2.64. The molecule has 0 spiro atoms. The zero-order valence-electron chi connectivity index (χ0n) is 14.4. The zero-order valence-corrected chi connectivity index (χ0v) is 14.4. The van der Waals surface area contributed by atoms with E-state index in [1.165, 1.54) is 0 Å². The van der Waals surface area contributed by atoms with Crippen LogP contribution in [-0.4, -0.2) is 56.9 Å². The number of carbonyl (C=O) groups is 2. The summed E-state index contributed by atoms with van der Waals surface area (Å²) in [5, 5.41) is 3.02. The second-order valence-electron chi connectivity index (χ2n) is 6.56. The molecular weight excluding hydrogens is 322 g/mol. The number of nitrogens with two attached hydrogens (primary N) is 1. The minimum atomic E-state index is -0.142. The molecule has 2 amide bonds. The van der Waals surface area contributed by atoms with Gasteiger partial charge in [0.05, 0.1) is 12.7 Å². The van der Waals surface area contributed by atoms with Crippen LogP contribution in [-0.2, 0) is 14.3 Å². The quantitative estimate of drug-likeness (QED) is 0.835. The predicted octanol–water partition coefficient (Wildman–Crippen LogP) is 0.674. The molecule has 3 atom stereocenters. The molecule has 1 saturated heterocycles. The molecule has 2 fully saturated rings.